The Morgan fingerprint density at radius 1 is 0.875 bits per heavy atom. The summed E-state index contributed by atoms with van der Waals surface area (Å²) in [7, 11) is 3.06. The summed E-state index contributed by atoms with van der Waals surface area (Å²) in [6, 6.07) is 13.3. The highest BCUT2D eigenvalue weighted by molar-refractivity contribution is 5.71. The minimum absolute atomic E-state index is 0.0174. The zero-order valence-electron chi connectivity index (χ0n) is 13.3. The minimum atomic E-state index is -0.333. The summed E-state index contributed by atoms with van der Waals surface area (Å²) < 4.78 is 10.1. The molecule has 5 N–H and O–H groups in total. The Balaban J connectivity index is 0.000000648. The number of nitrogens with one attached hydrogen (secondary N) is 1. The van der Waals surface area contributed by atoms with Crippen molar-refractivity contribution in [1.82, 2.24) is 0 Å². The van der Waals surface area contributed by atoms with Crippen molar-refractivity contribution >= 4 is 5.96 Å². The maximum absolute atomic E-state index is 11.6. The fourth-order valence-electron chi connectivity index (χ4n) is 1.51. The normalized spacial score (nSPS) is 9.08. The molecule has 0 amide bonds. The lowest BCUT2D eigenvalue weighted by molar-refractivity contribution is -0.920. The van der Waals surface area contributed by atoms with Crippen LogP contribution in [0.1, 0.15) is 0 Å². The number of ether oxygens (including phenoxy) is 2. The Hall–Kier alpha value is -3.49. The molecule has 0 fully saturated rings. The summed E-state index contributed by atoms with van der Waals surface area (Å²) in [5.74, 6) is 1.44. The lowest BCUT2D eigenvalue weighted by Crippen LogP contribution is -2.20. The SMILES string of the molecule is COc1cccc(O[N+](=O)Oc2cccc(OC)c2)c1.N=C(N)N. The van der Waals surface area contributed by atoms with Crippen molar-refractivity contribution in [3.8, 4) is 23.0 Å². The van der Waals surface area contributed by atoms with E-state index in [4.69, 9.17) is 24.6 Å². The van der Waals surface area contributed by atoms with E-state index in [9.17, 15) is 4.91 Å². The summed E-state index contributed by atoms with van der Waals surface area (Å²) in [6.07, 6.45) is 0. The lowest BCUT2D eigenvalue weighted by atomic mass is 10.3. The molecule has 0 saturated carbocycles. The second kappa shape index (κ2) is 9.51. The van der Waals surface area contributed by atoms with Crippen LogP contribution in [0.4, 0.5) is 0 Å². The second-order valence-corrected chi connectivity index (χ2v) is 4.22. The Kier molecular flexibility index (Phi) is 7.36. The molecule has 24 heavy (non-hydrogen) atoms. The van der Waals surface area contributed by atoms with Gasteiger partial charge in [0.05, 0.1) is 14.2 Å². The van der Waals surface area contributed by atoms with Crippen LogP contribution in [-0.2, 0) is 0 Å². The summed E-state index contributed by atoms with van der Waals surface area (Å²) in [5.41, 5.74) is 8.94. The van der Waals surface area contributed by atoms with E-state index in [-0.39, 0.29) is 11.0 Å². The summed E-state index contributed by atoms with van der Waals surface area (Å²) >= 11 is 0. The van der Waals surface area contributed by atoms with Crippen molar-refractivity contribution in [3.05, 3.63) is 53.4 Å². The number of methoxy groups -OCH3 is 2. The molecule has 0 aromatic heterocycles. The standard InChI is InChI=1S/C14H14NO5.CH5N3/c1-17-11-5-3-7-13(9-11)19-15(16)20-14-8-4-6-12(10-14)18-2;2-1(3)4/h3-10H,1-2H3;(H5,2,3,4)/q+1;. The van der Waals surface area contributed by atoms with Crippen LogP contribution in [0.2, 0.25) is 0 Å². The zero-order valence-corrected chi connectivity index (χ0v) is 13.3. The van der Waals surface area contributed by atoms with Crippen molar-refractivity contribution in [1.29, 1.82) is 5.41 Å². The molecular formula is C15H19N4O5+. The molecule has 0 unspecified atom stereocenters. The van der Waals surface area contributed by atoms with Gasteiger partial charge in [-0.15, -0.1) is 9.68 Å². The highest BCUT2D eigenvalue weighted by Gasteiger charge is 2.17. The predicted molar refractivity (Wildman–Crippen MR) is 87.0 cm³/mol. The van der Waals surface area contributed by atoms with Gasteiger partial charge in [-0.25, -0.2) is 0 Å². The van der Waals surface area contributed by atoms with E-state index in [2.05, 4.69) is 11.5 Å². The van der Waals surface area contributed by atoms with Crippen LogP contribution in [0.3, 0.4) is 0 Å². The zero-order chi connectivity index (χ0) is 17.9. The van der Waals surface area contributed by atoms with Gasteiger partial charge in [0, 0.05) is 12.1 Å². The Morgan fingerprint density at radius 3 is 1.54 bits per heavy atom. The average molecular weight is 335 g/mol. The third kappa shape index (κ3) is 6.98. The van der Waals surface area contributed by atoms with Gasteiger partial charge >= 0.3 is 5.09 Å². The number of guanidine groups is 1. The molecular weight excluding hydrogens is 316 g/mol. The maximum atomic E-state index is 11.6. The molecule has 0 spiro atoms. The Morgan fingerprint density at radius 2 is 1.21 bits per heavy atom. The first-order chi connectivity index (χ1) is 11.4. The van der Waals surface area contributed by atoms with E-state index in [0.717, 1.165) is 0 Å². The third-order valence-corrected chi connectivity index (χ3v) is 2.44. The van der Waals surface area contributed by atoms with Crippen LogP contribution < -0.4 is 30.6 Å². The first-order valence-electron chi connectivity index (χ1n) is 6.65. The number of benzene rings is 2. The van der Waals surface area contributed by atoms with Gasteiger partial charge in [-0.2, -0.15) is 0 Å². The largest absolute Gasteiger partial charge is 0.497 e. The fourth-order valence-corrected chi connectivity index (χ4v) is 1.51. The predicted octanol–water partition coefficient (Wildman–Crippen LogP) is 1.61. The van der Waals surface area contributed by atoms with E-state index in [1.807, 2.05) is 0 Å². The number of nitrogens with two attached hydrogens (primary N) is 2. The van der Waals surface area contributed by atoms with Gasteiger partial charge in [-0.3, -0.25) is 5.41 Å². The first-order valence-corrected chi connectivity index (χ1v) is 6.65. The summed E-state index contributed by atoms with van der Waals surface area (Å²) in [6.45, 7) is 0. The van der Waals surface area contributed by atoms with Crippen LogP contribution in [0, 0.1) is 10.3 Å². The molecule has 9 heteroatoms. The van der Waals surface area contributed by atoms with Crippen LogP contribution in [-0.4, -0.2) is 25.3 Å². The molecule has 0 atom stereocenters. The van der Waals surface area contributed by atoms with E-state index < -0.39 is 0 Å². The second-order valence-electron chi connectivity index (χ2n) is 4.22. The molecule has 128 valence electrons. The van der Waals surface area contributed by atoms with Crippen LogP contribution in [0.25, 0.3) is 0 Å². The lowest BCUT2D eigenvalue weighted by Gasteiger charge is -2.00. The van der Waals surface area contributed by atoms with E-state index in [0.29, 0.717) is 23.0 Å². The van der Waals surface area contributed by atoms with Gasteiger partial charge in [-0.05, 0) is 24.3 Å². The molecule has 0 heterocycles. The topological polar surface area (TPSA) is 133 Å². The molecule has 9 nitrogen and oxygen atoms in total. The molecule has 2 rings (SSSR count). The monoisotopic (exact) mass is 335 g/mol. The van der Waals surface area contributed by atoms with Gasteiger partial charge in [-0.1, -0.05) is 12.1 Å². The van der Waals surface area contributed by atoms with Gasteiger partial charge in [0.2, 0.25) is 11.5 Å². The van der Waals surface area contributed by atoms with E-state index in [1.165, 1.54) is 14.2 Å². The molecule has 2 aromatic rings. The molecule has 0 saturated heterocycles. The van der Waals surface area contributed by atoms with Crippen molar-refractivity contribution in [3.63, 3.8) is 0 Å². The van der Waals surface area contributed by atoms with Crippen molar-refractivity contribution in [2.75, 3.05) is 14.2 Å². The molecule has 0 aliphatic rings. The van der Waals surface area contributed by atoms with E-state index in [1.54, 1.807) is 48.5 Å². The maximum Gasteiger partial charge on any atom is 0.489 e. The van der Waals surface area contributed by atoms with E-state index >= 15 is 0 Å². The average Bonchev–Trinajstić information content (AvgIpc) is 2.54. The molecule has 2 aromatic carbocycles. The Bertz CT molecular complexity index is 638. The van der Waals surface area contributed by atoms with Gasteiger partial charge < -0.3 is 20.9 Å². The number of nitrogens with zero attached hydrogens (tertiary/aromatic N) is 1. The molecule has 0 radical (unpaired) electrons. The third-order valence-electron chi connectivity index (χ3n) is 2.44. The van der Waals surface area contributed by atoms with Crippen molar-refractivity contribution < 1.29 is 24.2 Å². The minimum Gasteiger partial charge on any atom is -0.497 e. The summed E-state index contributed by atoms with van der Waals surface area (Å²) in [4.78, 5) is 21.5. The van der Waals surface area contributed by atoms with Crippen LogP contribution in [0.15, 0.2) is 48.5 Å². The van der Waals surface area contributed by atoms with Crippen molar-refractivity contribution in [2.45, 2.75) is 0 Å². The quantitative estimate of drug-likeness (QED) is 0.415. The Labute approximate surface area is 138 Å². The molecule has 0 aliphatic carbocycles. The van der Waals surface area contributed by atoms with Gasteiger partial charge in [0.1, 0.15) is 16.4 Å². The highest BCUT2D eigenvalue weighted by atomic mass is 17.0. The smallest absolute Gasteiger partial charge is 0.489 e. The van der Waals surface area contributed by atoms with Gasteiger partial charge in [0.25, 0.3) is 0 Å². The molecule has 0 bridgehead atoms. The number of hydrogen-bond acceptors (Lipinski definition) is 6. The number of rotatable bonds is 6. The fraction of sp³-hybridized carbons (Fsp3) is 0.133. The van der Waals surface area contributed by atoms with Crippen LogP contribution in [0.5, 0.6) is 23.0 Å². The molecule has 0 aliphatic heterocycles. The van der Waals surface area contributed by atoms with Crippen molar-refractivity contribution in [2.24, 2.45) is 11.5 Å². The highest BCUT2D eigenvalue weighted by Crippen LogP contribution is 2.21. The first kappa shape index (κ1) is 18.6. The van der Waals surface area contributed by atoms with Gasteiger partial charge in [0.15, 0.2) is 5.96 Å². The van der Waals surface area contributed by atoms with Crippen LogP contribution >= 0.6 is 0 Å². The number of hydrogen-bond donors (Lipinski definition) is 3. The summed E-state index contributed by atoms with van der Waals surface area (Å²) in [5, 5.41) is 6.07.